The largest absolute Gasteiger partial charge is 0.482 e. The number of aryl methyl sites for hydroxylation is 1. The quantitative estimate of drug-likeness (QED) is 0.430. The summed E-state index contributed by atoms with van der Waals surface area (Å²) in [6, 6.07) is 4.80. The molecule has 2 aromatic heterocycles. The summed E-state index contributed by atoms with van der Waals surface area (Å²) < 4.78 is 11.8. The Balaban J connectivity index is 1.65. The van der Waals surface area contributed by atoms with E-state index in [-0.39, 0.29) is 30.9 Å². The maximum absolute atomic E-state index is 13.1. The van der Waals surface area contributed by atoms with E-state index in [1.54, 1.807) is 46.0 Å². The topological polar surface area (TPSA) is 108 Å². The first-order valence-corrected chi connectivity index (χ1v) is 10.7. The van der Waals surface area contributed by atoms with Crippen molar-refractivity contribution < 1.29 is 23.9 Å². The Hall–Kier alpha value is -3.53. The zero-order chi connectivity index (χ0) is 23.2. The molecular weight excluding hydrogens is 434 g/mol. The van der Waals surface area contributed by atoms with Gasteiger partial charge in [0.05, 0.1) is 30.0 Å². The van der Waals surface area contributed by atoms with Crippen molar-refractivity contribution in [2.24, 2.45) is 0 Å². The number of hydrogen-bond donors (Lipinski definition) is 0. The van der Waals surface area contributed by atoms with Crippen molar-refractivity contribution in [3.8, 4) is 5.75 Å². The molecule has 0 saturated carbocycles. The van der Waals surface area contributed by atoms with E-state index < -0.39 is 11.5 Å². The second-order valence-corrected chi connectivity index (χ2v) is 8.71. The standard InChI is InChI=1S/C22H21N3O6S/c1-11(2)31-22(29)19-12(3)18-20(32-19)23-10-25(21(18)28)8-15(26)13-5-6-16-14(7-13)24(4)17(27)9-30-16/h5-7,10-11H,8-9H2,1-4H3. The molecule has 0 spiro atoms. The third kappa shape index (κ3) is 3.77. The molecule has 1 amide bonds. The number of amides is 1. The van der Waals surface area contributed by atoms with Gasteiger partial charge in [-0.25, -0.2) is 9.78 Å². The Morgan fingerprint density at radius 3 is 2.75 bits per heavy atom. The number of carbonyl (C=O) groups is 3. The van der Waals surface area contributed by atoms with Crippen molar-refractivity contribution in [1.29, 1.82) is 0 Å². The highest BCUT2D eigenvalue weighted by Gasteiger charge is 2.24. The van der Waals surface area contributed by atoms with Crippen LogP contribution in [0.3, 0.4) is 0 Å². The van der Waals surface area contributed by atoms with E-state index in [9.17, 15) is 19.2 Å². The second-order valence-electron chi connectivity index (χ2n) is 7.72. The fourth-order valence-electron chi connectivity index (χ4n) is 3.43. The Labute approximate surface area is 187 Å². The van der Waals surface area contributed by atoms with Gasteiger partial charge in [0.25, 0.3) is 11.5 Å². The number of ether oxygens (including phenoxy) is 2. The van der Waals surface area contributed by atoms with Crippen LogP contribution in [0.5, 0.6) is 5.75 Å². The number of ketones is 1. The average Bonchev–Trinajstić information content (AvgIpc) is 3.09. The first-order chi connectivity index (χ1) is 15.2. The molecule has 0 radical (unpaired) electrons. The number of benzene rings is 1. The van der Waals surface area contributed by atoms with Gasteiger partial charge in [0.15, 0.2) is 12.4 Å². The van der Waals surface area contributed by atoms with E-state index >= 15 is 0 Å². The Bertz CT molecular complexity index is 1320. The predicted molar refractivity (Wildman–Crippen MR) is 119 cm³/mol. The minimum Gasteiger partial charge on any atom is -0.482 e. The third-order valence-electron chi connectivity index (χ3n) is 5.13. The molecule has 4 rings (SSSR count). The number of carbonyl (C=O) groups excluding carboxylic acids is 3. The second kappa shape index (κ2) is 8.19. The van der Waals surface area contributed by atoms with Gasteiger partial charge >= 0.3 is 5.97 Å². The molecule has 0 aliphatic carbocycles. The van der Waals surface area contributed by atoms with Crippen LogP contribution in [0, 0.1) is 6.92 Å². The van der Waals surface area contributed by atoms with Crippen molar-refractivity contribution in [2.45, 2.75) is 33.4 Å². The maximum Gasteiger partial charge on any atom is 0.348 e. The number of Topliss-reactive ketones (excluding diaryl/α,β-unsaturated/α-hetero) is 1. The molecule has 32 heavy (non-hydrogen) atoms. The first kappa shape index (κ1) is 21.7. The summed E-state index contributed by atoms with van der Waals surface area (Å²) in [7, 11) is 1.61. The highest BCUT2D eigenvalue weighted by molar-refractivity contribution is 7.20. The van der Waals surface area contributed by atoms with Crippen molar-refractivity contribution in [3.05, 3.63) is 50.9 Å². The summed E-state index contributed by atoms with van der Waals surface area (Å²) >= 11 is 1.09. The molecule has 0 fully saturated rings. The fourth-order valence-corrected chi connectivity index (χ4v) is 4.45. The lowest BCUT2D eigenvalue weighted by Gasteiger charge is -2.26. The molecule has 0 saturated heterocycles. The number of esters is 1. The van der Waals surface area contributed by atoms with E-state index in [0.29, 0.717) is 37.7 Å². The summed E-state index contributed by atoms with van der Waals surface area (Å²) in [4.78, 5) is 56.6. The van der Waals surface area contributed by atoms with E-state index in [0.717, 1.165) is 11.3 Å². The average molecular weight is 455 g/mol. The van der Waals surface area contributed by atoms with Crippen LogP contribution >= 0.6 is 11.3 Å². The molecule has 1 aliphatic heterocycles. The maximum atomic E-state index is 13.1. The molecule has 3 aromatic rings. The highest BCUT2D eigenvalue weighted by Crippen LogP contribution is 2.32. The fraction of sp³-hybridized carbons (Fsp3) is 0.318. The van der Waals surface area contributed by atoms with E-state index in [4.69, 9.17) is 9.47 Å². The number of nitrogens with zero attached hydrogens (tertiary/aromatic N) is 3. The van der Waals surface area contributed by atoms with Crippen molar-refractivity contribution in [2.75, 3.05) is 18.6 Å². The first-order valence-electron chi connectivity index (χ1n) is 9.93. The molecular formula is C22H21N3O6S. The van der Waals surface area contributed by atoms with Gasteiger partial charge in [0.1, 0.15) is 15.5 Å². The van der Waals surface area contributed by atoms with Crippen LogP contribution in [0.1, 0.15) is 39.4 Å². The smallest absolute Gasteiger partial charge is 0.348 e. The number of aromatic nitrogens is 2. The van der Waals surface area contributed by atoms with Gasteiger partial charge in [0, 0.05) is 12.6 Å². The van der Waals surface area contributed by atoms with Gasteiger partial charge in [-0.05, 0) is 44.5 Å². The predicted octanol–water partition coefficient (Wildman–Crippen LogP) is 2.57. The Morgan fingerprint density at radius 1 is 1.28 bits per heavy atom. The lowest BCUT2D eigenvalue weighted by Crippen LogP contribution is -2.35. The van der Waals surface area contributed by atoms with Crippen LogP contribution in [-0.2, 0) is 16.1 Å². The highest BCUT2D eigenvalue weighted by atomic mass is 32.1. The zero-order valence-corrected chi connectivity index (χ0v) is 18.8. The van der Waals surface area contributed by atoms with Crippen LogP contribution < -0.4 is 15.2 Å². The van der Waals surface area contributed by atoms with Crippen molar-refractivity contribution in [1.82, 2.24) is 9.55 Å². The van der Waals surface area contributed by atoms with Crippen LogP contribution in [-0.4, -0.2) is 47.0 Å². The number of likely N-dealkylation sites (N-methyl/N-ethyl adjacent to an activating group) is 1. The summed E-state index contributed by atoms with van der Waals surface area (Å²) in [6.45, 7) is 4.88. The molecule has 0 N–H and O–H groups in total. The number of thiophene rings is 1. The summed E-state index contributed by atoms with van der Waals surface area (Å²) in [5, 5.41) is 0.296. The van der Waals surface area contributed by atoms with Gasteiger partial charge in [-0.15, -0.1) is 11.3 Å². The van der Waals surface area contributed by atoms with Crippen molar-refractivity contribution >= 4 is 44.9 Å². The lowest BCUT2D eigenvalue weighted by molar-refractivity contribution is -0.121. The van der Waals surface area contributed by atoms with Crippen LogP contribution in [0.15, 0.2) is 29.3 Å². The normalized spacial score (nSPS) is 13.3. The van der Waals surface area contributed by atoms with Crippen molar-refractivity contribution in [3.63, 3.8) is 0 Å². The lowest BCUT2D eigenvalue weighted by atomic mass is 10.1. The monoisotopic (exact) mass is 455 g/mol. The van der Waals surface area contributed by atoms with E-state index in [2.05, 4.69) is 4.98 Å². The van der Waals surface area contributed by atoms with E-state index in [1.165, 1.54) is 15.8 Å². The SMILES string of the molecule is Cc1c(C(=O)OC(C)C)sc2ncn(CC(=O)c3ccc4c(c3)N(C)C(=O)CO4)c(=O)c12. The number of fused-ring (bicyclic) bond motifs is 2. The molecule has 10 heteroatoms. The number of anilines is 1. The Kier molecular flexibility index (Phi) is 5.55. The molecule has 0 atom stereocenters. The van der Waals surface area contributed by atoms with Crippen LogP contribution in [0.2, 0.25) is 0 Å². The molecule has 0 unspecified atom stereocenters. The van der Waals surface area contributed by atoms with Crippen LogP contribution in [0.25, 0.3) is 10.2 Å². The van der Waals surface area contributed by atoms with Gasteiger partial charge in [-0.1, -0.05) is 0 Å². The van der Waals surface area contributed by atoms with Gasteiger partial charge in [-0.2, -0.15) is 0 Å². The van der Waals surface area contributed by atoms with Crippen LogP contribution in [0.4, 0.5) is 5.69 Å². The minimum atomic E-state index is -0.502. The molecule has 1 aromatic carbocycles. The van der Waals surface area contributed by atoms with Gasteiger partial charge in [0.2, 0.25) is 0 Å². The molecule has 1 aliphatic rings. The molecule has 0 bridgehead atoms. The molecule has 166 valence electrons. The zero-order valence-electron chi connectivity index (χ0n) is 18.0. The van der Waals surface area contributed by atoms with Gasteiger partial charge < -0.3 is 14.4 Å². The van der Waals surface area contributed by atoms with Gasteiger partial charge in [-0.3, -0.25) is 19.0 Å². The molecule has 9 nitrogen and oxygen atoms in total. The summed E-state index contributed by atoms with van der Waals surface area (Å²) in [5.41, 5.74) is 0.912. The molecule has 3 heterocycles. The minimum absolute atomic E-state index is 0.0510. The van der Waals surface area contributed by atoms with E-state index in [1.807, 2.05) is 0 Å². The number of hydrogen-bond acceptors (Lipinski definition) is 8. The third-order valence-corrected chi connectivity index (χ3v) is 6.31. The Morgan fingerprint density at radius 2 is 2.03 bits per heavy atom. The summed E-state index contributed by atoms with van der Waals surface area (Å²) in [5.74, 6) is -0.529. The number of rotatable bonds is 5. The summed E-state index contributed by atoms with van der Waals surface area (Å²) in [6.07, 6.45) is 1.01.